The molecule has 1 atom stereocenters. The molecular formula is C14H19ClN2O3. The molecule has 0 aromatic carbocycles. The van der Waals surface area contributed by atoms with Crippen LogP contribution >= 0.6 is 11.6 Å². The Bertz CT molecular complexity index is 514. The molecule has 2 heterocycles. The van der Waals surface area contributed by atoms with Gasteiger partial charge in [-0.05, 0) is 26.8 Å². The van der Waals surface area contributed by atoms with E-state index in [0.717, 1.165) is 11.3 Å². The highest BCUT2D eigenvalue weighted by atomic mass is 35.5. The van der Waals surface area contributed by atoms with E-state index in [2.05, 4.69) is 4.98 Å². The Labute approximate surface area is 123 Å². The Morgan fingerprint density at radius 2 is 2.20 bits per heavy atom. The first-order chi connectivity index (χ1) is 9.28. The fraction of sp³-hybridized carbons (Fsp3) is 0.571. The summed E-state index contributed by atoms with van der Waals surface area (Å²) >= 11 is 5.88. The second kappa shape index (κ2) is 5.58. The van der Waals surface area contributed by atoms with Gasteiger partial charge in [-0.1, -0.05) is 17.7 Å². The minimum atomic E-state index is -0.526. The smallest absolute Gasteiger partial charge is 0.410 e. The van der Waals surface area contributed by atoms with E-state index in [1.807, 2.05) is 26.8 Å². The van der Waals surface area contributed by atoms with Crippen LogP contribution < -0.4 is 0 Å². The summed E-state index contributed by atoms with van der Waals surface area (Å²) in [5, 5.41) is 0.424. The fourth-order valence-corrected chi connectivity index (χ4v) is 2.21. The minimum Gasteiger partial charge on any atom is -0.444 e. The maximum absolute atomic E-state index is 12.1. The van der Waals surface area contributed by atoms with E-state index in [1.54, 1.807) is 18.0 Å². The standard InChI is InChI=1S/C14H19ClN2O3/c1-14(2,3)20-13(18)17(4)11-8-19-7-10-9(11)5-6-12(15)16-10/h5-6,11H,7-8H2,1-4H3. The Morgan fingerprint density at radius 3 is 2.85 bits per heavy atom. The van der Waals surface area contributed by atoms with Crippen molar-refractivity contribution in [1.82, 2.24) is 9.88 Å². The number of hydrogen-bond acceptors (Lipinski definition) is 4. The zero-order chi connectivity index (χ0) is 14.9. The molecule has 0 aliphatic carbocycles. The van der Waals surface area contributed by atoms with E-state index in [-0.39, 0.29) is 12.1 Å². The molecule has 1 amide bonds. The molecule has 5 nitrogen and oxygen atoms in total. The van der Waals surface area contributed by atoms with Crippen LogP contribution in [0.5, 0.6) is 0 Å². The van der Waals surface area contributed by atoms with Crippen LogP contribution in [0.15, 0.2) is 12.1 Å². The number of hydrogen-bond donors (Lipinski definition) is 0. The van der Waals surface area contributed by atoms with Crippen LogP contribution in [0.1, 0.15) is 38.1 Å². The molecule has 0 saturated heterocycles. The van der Waals surface area contributed by atoms with Crippen molar-refractivity contribution < 1.29 is 14.3 Å². The van der Waals surface area contributed by atoms with Crippen LogP contribution in [-0.4, -0.2) is 35.2 Å². The lowest BCUT2D eigenvalue weighted by Crippen LogP contribution is -2.40. The highest BCUT2D eigenvalue weighted by molar-refractivity contribution is 6.29. The van der Waals surface area contributed by atoms with Crippen molar-refractivity contribution in [3.05, 3.63) is 28.5 Å². The number of nitrogens with zero attached hydrogens (tertiary/aromatic N) is 2. The van der Waals surface area contributed by atoms with Gasteiger partial charge in [0.05, 0.1) is 24.9 Å². The highest BCUT2D eigenvalue weighted by Gasteiger charge is 2.30. The number of carbonyl (C=O) groups excluding carboxylic acids is 1. The SMILES string of the molecule is CN(C(=O)OC(C)(C)C)C1COCc2nc(Cl)ccc21. The quantitative estimate of drug-likeness (QED) is 0.747. The number of pyridine rings is 1. The predicted molar refractivity (Wildman–Crippen MR) is 75.6 cm³/mol. The van der Waals surface area contributed by atoms with Gasteiger partial charge in [-0.3, -0.25) is 0 Å². The number of likely N-dealkylation sites (N-methyl/N-ethyl adjacent to an activating group) is 1. The van der Waals surface area contributed by atoms with Gasteiger partial charge >= 0.3 is 6.09 Å². The summed E-state index contributed by atoms with van der Waals surface area (Å²) in [6, 6.07) is 3.40. The average Bonchev–Trinajstić information content (AvgIpc) is 2.34. The topological polar surface area (TPSA) is 51.7 Å². The van der Waals surface area contributed by atoms with Gasteiger partial charge in [0.15, 0.2) is 0 Å². The first-order valence-electron chi connectivity index (χ1n) is 6.47. The molecule has 1 aromatic heterocycles. The Hall–Kier alpha value is -1.33. The Kier molecular flexibility index (Phi) is 4.20. The zero-order valence-corrected chi connectivity index (χ0v) is 12.9. The molecule has 6 heteroatoms. The second-order valence-electron chi connectivity index (χ2n) is 5.79. The van der Waals surface area contributed by atoms with Crippen molar-refractivity contribution in [2.24, 2.45) is 0 Å². The first-order valence-corrected chi connectivity index (χ1v) is 6.84. The van der Waals surface area contributed by atoms with Gasteiger partial charge in [-0.15, -0.1) is 0 Å². The van der Waals surface area contributed by atoms with Crippen molar-refractivity contribution in [3.63, 3.8) is 0 Å². The molecule has 0 saturated carbocycles. The van der Waals surface area contributed by atoms with Gasteiger partial charge in [-0.25, -0.2) is 9.78 Å². The number of ether oxygens (including phenoxy) is 2. The molecule has 1 aliphatic heterocycles. The Morgan fingerprint density at radius 1 is 1.50 bits per heavy atom. The maximum Gasteiger partial charge on any atom is 0.410 e. The van der Waals surface area contributed by atoms with E-state index in [4.69, 9.17) is 21.1 Å². The van der Waals surface area contributed by atoms with Crippen molar-refractivity contribution in [2.45, 2.75) is 39.0 Å². The molecule has 20 heavy (non-hydrogen) atoms. The van der Waals surface area contributed by atoms with Crippen molar-refractivity contribution >= 4 is 17.7 Å². The van der Waals surface area contributed by atoms with Gasteiger partial charge < -0.3 is 14.4 Å². The first kappa shape index (κ1) is 15.1. The predicted octanol–water partition coefficient (Wildman–Crippen LogP) is 3.17. The zero-order valence-electron chi connectivity index (χ0n) is 12.1. The molecule has 0 radical (unpaired) electrons. The van der Waals surface area contributed by atoms with Crippen LogP contribution in [0.25, 0.3) is 0 Å². The lowest BCUT2D eigenvalue weighted by molar-refractivity contribution is -0.00115. The van der Waals surface area contributed by atoms with E-state index in [0.29, 0.717) is 18.4 Å². The highest BCUT2D eigenvalue weighted by Crippen LogP contribution is 2.29. The van der Waals surface area contributed by atoms with Gasteiger partial charge in [-0.2, -0.15) is 0 Å². The summed E-state index contributed by atoms with van der Waals surface area (Å²) < 4.78 is 10.9. The number of carbonyl (C=O) groups is 1. The largest absolute Gasteiger partial charge is 0.444 e. The van der Waals surface area contributed by atoms with Gasteiger partial charge in [0.2, 0.25) is 0 Å². The molecule has 110 valence electrons. The summed E-state index contributed by atoms with van der Waals surface area (Å²) in [5.74, 6) is 0. The molecule has 2 rings (SSSR count). The third-order valence-electron chi connectivity index (χ3n) is 3.00. The van der Waals surface area contributed by atoms with E-state index < -0.39 is 5.60 Å². The van der Waals surface area contributed by atoms with Crippen LogP contribution in [-0.2, 0) is 16.1 Å². The number of halogens is 1. The number of amides is 1. The molecule has 0 fully saturated rings. The van der Waals surface area contributed by atoms with Crippen molar-refractivity contribution in [3.8, 4) is 0 Å². The Balaban J connectivity index is 2.20. The lowest BCUT2D eigenvalue weighted by Gasteiger charge is -2.33. The third kappa shape index (κ3) is 3.41. The van der Waals surface area contributed by atoms with Crippen LogP contribution in [0.2, 0.25) is 5.15 Å². The summed E-state index contributed by atoms with van der Waals surface area (Å²) in [6.07, 6.45) is -0.381. The number of fused-ring (bicyclic) bond motifs is 1. The van der Waals surface area contributed by atoms with Crippen molar-refractivity contribution in [2.75, 3.05) is 13.7 Å². The summed E-state index contributed by atoms with van der Waals surface area (Å²) in [7, 11) is 1.70. The number of aromatic nitrogens is 1. The van der Waals surface area contributed by atoms with E-state index in [1.165, 1.54) is 0 Å². The third-order valence-corrected chi connectivity index (χ3v) is 3.21. The molecule has 0 spiro atoms. The normalized spacial score (nSPS) is 18.4. The van der Waals surface area contributed by atoms with E-state index >= 15 is 0 Å². The molecule has 1 unspecified atom stereocenters. The monoisotopic (exact) mass is 298 g/mol. The molecule has 0 bridgehead atoms. The molecular weight excluding hydrogens is 280 g/mol. The van der Waals surface area contributed by atoms with Gasteiger partial charge in [0.25, 0.3) is 0 Å². The number of rotatable bonds is 1. The summed E-state index contributed by atoms with van der Waals surface area (Å²) in [5.41, 5.74) is 1.19. The molecule has 1 aromatic rings. The van der Waals surface area contributed by atoms with Crippen LogP contribution in [0.4, 0.5) is 4.79 Å². The summed E-state index contributed by atoms with van der Waals surface area (Å²) in [6.45, 7) is 6.35. The maximum atomic E-state index is 12.1. The van der Waals surface area contributed by atoms with E-state index in [9.17, 15) is 4.79 Å². The van der Waals surface area contributed by atoms with Crippen LogP contribution in [0, 0.1) is 0 Å². The average molecular weight is 299 g/mol. The summed E-state index contributed by atoms with van der Waals surface area (Å²) in [4.78, 5) is 17.9. The lowest BCUT2D eigenvalue weighted by atomic mass is 10.0. The second-order valence-corrected chi connectivity index (χ2v) is 6.18. The van der Waals surface area contributed by atoms with Gasteiger partial charge in [0, 0.05) is 12.6 Å². The molecule has 1 aliphatic rings. The minimum absolute atomic E-state index is 0.210. The van der Waals surface area contributed by atoms with Gasteiger partial charge in [0.1, 0.15) is 10.8 Å². The van der Waals surface area contributed by atoms with Crippen LogP contribution in [0.3, 0.4) is 0 Å². The van der Waals surface area contributed by atoms with Crippen molar-refractivity contribution in [1.29, 1.82) is 0 Å². The molecule has 0 N–H and O–H groups in total. The fourth-order valence-electron chi connectivity index (χ4n) is 2.04.